The molecule has 0 radical (unpaired) electrons. The predicted octanol–water partition coefficient (Wildman–Crippen LogP) is 3.38. The lowest BCUT2D eigenvalue weighted by Gasteiger charge is -2.11. The number of hydrogen-bond acceptors (Lipinski definition) is 5. The Morgan fingerprint density at radius 2 is 1.79 bits per heavy atom. The van der Waals surface area contributed by atoms with Gasteiger partial charge in [-0.25, -0.2) is 9.48 Å². The normalized spacial score (nSPS) is 10.4. The van der Waals surface area contributed by atoms with Crippen molar-refractivity contribution in [3.63, 3.8) is 0 Å². The molecule has 2 aromatic carbocycles. The summed E-state index contributed by atoms with van der Waals surface area (Å²) in [6, 6.07) is 16.4. The van der Waals surface area contributed by atoms with Crippen LogP contribution in [0.2, 0.25) is 5.02 Å². The van der Waals surface area contributed by atoms with E-state index >= 15 is 0 Å². The van der Waals surface area contributed by atoms with E-state index in [1.807, 2.05) is 0 Å². The second-order valence-corrected chi connectivity index (χ2v) is 6.47. The van der Waals surface area contributed by atoms with Gasteiger partial charge in [-0.2, -0.15) is 5.10 Å². The van der Waals surface area contributed by atoms with Crippen LogP contribution in [0.15, 0.2) is 65.5 Å². The predicted molar refractivity (Wildman–Crippen MR) is 110 cm³/mol. The molecule has 0 saturated heterocycles. The maximum absolute atomic E-state index is 12.5. The van der Waals surface area contributed by atoms with Crippen LogP contribution >= 0.6 is 11.6 Å². The van der Waals surface area contributed by atoms with Crippen LogP contribution in [-0.4, -0.2) is 28.3 Å². The zero-order valence-electron chi connectivity index (χ0n) is 15.6. The highest BCUT2D eigenvalue weighted by molar-refractivity contribution is 6.30. The number of hydrogen-bond donors (Lipinski definition) is 1. The number of anilines is 1. The first-order valence-corrected chi connectivity index (χ1v) is 9.26. The largest absolute Gasteiger partial charge is 0.462 e. The fourth-order valence-corrected chi connectivity index (χ4v) is 2.77. The molecule has 0 atom stereocenters. The summed E-state index contributed by atoms with van der Waals surface area (Å²) in [4.78, 5) is 36.6. The van der Waals surface area contributed by atoms with E-state index in [4.69, 9.17) is 16.3 Å². The van der Waals surface area contributed by atoms with Gasteiger partial charge in [-0.1, -0.05) is 35.9 Å². The molecular weight excluding hydrogens is 394 g/mol. The van der Waals surface area contributed by atoms with Gasteiger partial charge in [0.1, 0.15) is 6.54 Å². The zero-order valence-corrected chi connectivity index (χ0v) is 16.3. The van der Waals surface area contributed by atoms with E-state index < -0.39 is 17.4 Å². The van der Waals surface area contributed by atoms with Crippen LogP contribution in [-0.2, 0) is 16.1 Å². The van der Waals surface area contributed by atoms with E-state index in [-0.39, 0.29) is 18.7 Å². The fraction of sp³-hybridized carbons (Fsp3) is 0.143. The molecule has 0 saturated carbocycles. The number of aromatic nitrogens is 2. The number of esters is 1. The van der Waals surface area contributed by atoms with E-state index in [1.54, 1.807) is 61.5 Å². The van der Waals surface area contributed by atoms with Crippen molar-refractivity contribution in [1.29, 1.82) is 0 Å². The SMILES string of the molecule is CCOC(=O)c1ccccc1NC(=O)Cn1nc(-c2ccc(Cl)cc2)ccc1=O. The van der Waals surface area contributed by atoms with Gasteiger partial charge < -0.3 is 10.1 Å². The molecule has 1 amide bonds. The average molecular weight is 412 g/mol. The number of halogens is 1. The first-order valence-electron chi connectivity index (χ1n) is 8.88. The third-order valence-electron chi connectivity index (χ3n) is 4.00. The van der Waals surface area contributed by atoms with Gasteiger partial charge in [0.25, 0.3) is 5.56 Å². The summed E-state index contributed by atoms with van der Waals surface area (Å²) in [7, 11) is 0. The van der Waals surface area contributed by atoms with Crippen molar-refractivity contribution in [2.45, 2.75) is 13.5 Å². The van der Waals surface area contributed by atoms with Gasteiger partial charge in [-0.05, 0) is 37.3 Å². The number of ether oxygens (including phenoxy) is 1. The fourth-order valence-electron chi connectivity index (χ4n) is 2.64. The minimum absolute atomic E-state index is 0.220. The van der Waals surface area contributed by atoms with Crippen LogP contribution in [0.4, 0.5) is 5.69 Å². The molecule has 3 aromatic rings. The quantitative estimate of drug-likeness (QED) is 0.628. The second kappa shape index (κ2) is 9.16. The molecule has 1 aromatic heterocycles. The van der Waals surface area contributed by atoms with Crippen molar-refractivity contribution in [2.75, 3.05) is 11.9 Å². The smallest absolute Gasteiger partial charge is 0.340 e. The van der Waals surface area contributed by atoms with Crippen molar-refractivity contribution >= 4 is 29.2 Å². The van der Waals surface area contributed by atoms with Crippen molar-refractivity contribution < 1.29 is 14.3 Å². The summed E-state index contributed by atoms with van der Waals surface area (Å²) < 4.78 is 6.06. The Labute approximate surface area is 171 Å². The molecule has 0 aliphatic rings. The van der Waals surface area contributed by atoms with Crippen LogP contribution in [0.1, 0.15) is 17.3 Å². The van der Waals surface area contributed by atoms with E-state index in [2.05, 4.69) is 10.4 Å². The van der Waals surface area contributed by atoms with Crippen LogP contribution in [0, 0.1) is 0 Å². The van der Waals surface area contributed by atoms with Gasteiger partial charge in [0, 0.05) is 16.7 Å². The maximum Gasteiger partial charge on any atom is 0.340 e. The number of carbonyl (C=O) groups excluding carboxylic acids is 2. The topological polar surface area (TPSA) is 90.3 Å². The second-order valence-electron chi connectivity index (χ2n) is 6.04. The van der Waals surface area contributed by atoms with Crippen molar-refractivity contribution in [3.8, 4) is 11.3 Å². The lowest BCUT2D eigenvalue weighted by Crippen LogP contribution is -2.29. The Balaban J connectivity index is 1.80. The molecule has 1 heterocycles. The van der Waals surface area contributed by atoms with Crippen LogP contribution in [0.3, 0.4) is 0 Å². The monoisotopic (exact) mass is 411 g/mol. The zero-order chi connectivity index (χ0) is 20.8. The Morgan fingerprint density at radius 1 is 1.07 bits per heavy atom. The molecule has 0 aliphatic heterocycles. The molecule has 0 unspecified atom stereocenters. The van der Waals surface area contributed by atoms with E-state index in [1.165, 1.54) is 6.07 Å². The summed E-state index contributed by atoms with van der Waals surface area (Å²) in [5.74, 6) is -1.03. The number of para-hydroxylation sites is 1. The van der Waals surface area contributed by atoms with Crippen molar-refractivity contribution in [1.82, 2.24) is 9.78 Å². The summed E-state index contributed by atoms with van der Waals surface area (Å²) in [5, 5.41) is 7.47. The van der Waals surface area contributed by atoms with Gasteiger partial charge in [0.2, 0.25) is 5.91 Å². The average Bonchev–Trinajstić information content (AvgIpc) is 2.71. The van der Waals surface area contributed by atoms with E-state index in [9.17, 15) is 14.4 Å². The third kappa shape index (κ3) is 5.08. The lowest BCUT2D eigenvalue weighted by molar-refractivity contribution is -0.117. The Kier molecular flexibility index (Phi) is 6.41. The summed E-state index contributed by atoms with van der Waals surface area (Å²) in [6.07, 6.45) is 0. The highest BCUT2D eigenvalue weighted by Gasteiger charge is 2.15. The highest BCUT2D eigenvalue weighted by Crippen LogP contribution is 2.19. The first kappa shape index (κ1) is 20.3. The molecule has 8 heteroatoms. The van der Waals surface area contributed by atoms with Crippen LogP contribution in [0.25, 0.3) is 11.3 Å². The van der Waals surface area contributed by atoms with Crippen LogP contribution in [0.5, 0.6) is 0 Å². The van der Waals surface area contributed by atoms with Gasteiger partial charge in [0.15, 0.2) is 0 Å². The van der Waals surface area contributed by atoms with Gasteiger partial charge in [0.05, 0.1) is 23.6 Å². The molecule has 29 heavy (non-hydrogen) atoms. The highest BCUT2D eigenvalue weighted by atomic mass is 35.5. The Hall–Kier alpha value is -3.45. The number of nitrogens with one attached hydrogen (secondary N) is 1. The number of rotatable bonds is 6. The summed E-state index contributed by atoms with van der Waals surface area (Å²) >= 11 is 5.89. The molecule has 7 nitrogen and oxygen atoms in total. The summed E-state index contributed by atoms with van der Waals surface area (Å²) in [6.45, 7) is 1.61. The van der Waals surface area contributed by atoms with Gasteiger partial charge in [-0.3, -0.25) is 9.59 Å². The first-order chi connectivity index (χ1) is 14.0. The molecule has 0 bridgehead atoms. The number of nitrogens with zero attached hydrogens (tertiary/aromatic N) is 2. The van der Waals surface area contributed by atoms with Gasteiger partial charge in [-0.15, -0.1) is 0 Å². The van der Waals surface area contributed by atoms with E-state index in [0.29, 0.717) is 16.4 Å². The Morgan fingerprint density at radius 3 is 2.52 bits per heavy atom. The summed E-state index contributed by atoms with van der Waals surface area (Å²) in [5.41, 5.74) is 1.41. The van der Waals surface area contributed by atoms with Crippen molar-refractivity contribution in [3.05, 3.63) is 81.6 Å². The molecule has 3 rings (SSSR count). The third-order valence-corrected chi connectivity index (χ3v) is 4.25. The molecule has 0 aliphatic carbocycles. The molecule has 148 valence electrons. The van der Waals surface area contributed by atoms with E-state index in [0.717, 1.165) is 10.2 Å². The molecule has 0 fully saturated rings. The van der Waals surface area contributed by atoms with Crippen molar-refractivity contribution in [2.24, 2.45) is 0 Å². The standard InChI is InChI=1S/C21H18ClN3O4/c1-2-29-21(28)16-5-3-4-6-18(16)23-19(26)13-25-20(27)12-11-17(24-25)14-7-9-15(22)10-8-14/h3-12H,2,13H2,1H3,(H,23,26). The number of amides is 1. The number of carbonyl (C=O) groups is 2. The van der Waals surface area contributed by atoms with Gasteiger partial charge >= 0.3 is 5.97 Å². The Bertz CT molecular complexity index is 1090. The molecular formula is C21H18ClN3O4. The molecule has 1 N–H and O–H groups in total. The van der Waals surface area contributed by atoms with Crippen LogP contribution < -0.4 is 10.9 Å². The lowest BCUT2D eigenvalue weighted by atomic mass is 10.1. The molecule has 0 spiro atoms. The minimum atomic E-state index is -0.538. The maximum atomic E-state index is 12.5. The minimum Gasteiger partial charge on any atom is -0.462 e. The number of benzene rings is 2.